The lowest BCUT2D eigenvalue weighted by atomic mass is 10.0. The van der Waals surface area contributed by atoms with Crippen LogP contribution >= 0.6 is 15.9 Å². The van der Waals surface area contributed by atoms with E-state index >= 15 is 0 Å². The van der Waals surface area contributed by atoms with Gasteiger partial charge in [0.05, 0.1) is 10.5 Å². The Morgan fingerprint density at radius 2 is 2.00 bits per heavy atom. The molecule has 2 nitrogen and oxygen atoms in total. The fraction of sp³-hybridized carbons (Fsp3) is 0.533. The highest BCUT2D eigenvalue weighted by Gasteiger charge is 2.20. The van der Waals surface area contributed by atoms with E-state index in [0.717, 1.165) is 28.6 Å². The summed E-state index contributed by atoms with van der Waals surface area (Å²) in [7, 11) is -1.22. The second kappa shape index (κ2) is 6.80. The molecule has 0 aliphatic rings. The lowest BCUT2D eigenvalue weighted by Crippen LogP contribution is -2.21. The van der Waals surface area contributed by atoms with Crippen LogP contribution in [0.1, 0.15) is 51.7 Å². The summed E-state index contributed by atoms with van der Waals surface area (Å²) in [5.74, 6) is 0. The molecule has 0 aromatic heterocycles. The summed E-state index contributed by atoms with van der Waals surface area (Å²) >= 11 is 3.56. The van der Waals surface area contributed by atoms with Crippen molar-refractivity contribution in [2.45, 2.75) is 52.2 Å². The molecule has 0 saturated heterocycles. The zero-order chi connectivity index (χ0) is 14.6. The quantitative estimate of drug-likeness (QED) is 0.721. The van der Waals surface area contributed by atoms with Crippen molar-refractivity contribution in [2.75, 3.05) is 0 Å². The molecule has 19 heavy (non-hydrogen) atoms. The van der Waals surface area contributed by atoms with Crippen LogP contribution in [-0.4, -0.2) is 14.7 Å². The Hall–Kier alpha value is -0.480. The van der Waals surface area contributed by atoms with Gasteiger partial charge in [0.25, 0.3) is 0 Å². The van der Waals surface area contributed by atoms with Gasteiger partial charge in [0.2, 0.25) is 0 Å². The van der Waals surface area contributed by atoms with Gasteiger partial charge in [-0.05, 0) is 46.2 Å². The molecule has 0 N–H and O–H groups in total. The van der Waals surface area contributed by atoms with E-state index in [1.807, 2.05) is 26.8 Å². The second-order valence-electron chi connectivity index (χ2n) is 5.63. The summed E-state index contributed by atoms with van der Waals surface area (Å²) in [5.41, 5.74) is 3.16. The zero-order valence-corrected chi connectivity index (χ0v) is 14.7. The van der Waals surface area contributed by atoms with Gasteiger partial charge in [0.15, 0.2) is 0 Å². The molecule has 0 bridgehead atoms. The molecule has 0 radical (unpaired) electrons. The highest BCUT2D eigenvalue weighted by Crippen LogP contribution is 2.23. The van der Waals surface area contributed by atoms with Crippen LogP contribution < -0.4 is 0 Å². The standard InChI is InChI=1S/C15H22BrNOS/c1-6-7-14(17-19(18)15(3,4)5)12-10-11(2)8-9-13(12)16/h8-10H,6-7H2,1-5H3. The molecule has 0 fully saturated rings. The van der Waals surface area contributed by atoms with Gasteiger partial charge < -0.3 is 0 Å². The molecule has 1 rings (SSSR count). The van der Waals surface area contributed by atoms with Gasteiger partial charge in [-0.25, -0.2) is 4.21 Å². The third-order valence-electron chi connectivity index (χ3n) is 2.64. The molecular weight excluding hydrogens is 322 g/mol. The maximum atomic E-state index is 12.2. The first-order chi connectivity index (χ1) is 8.75. The number of nitrogens with zero attached hydrogens (tertiary/aromatic N) is 1. The first-order valence-electron chi connectivity index (χ1n) is 6.51. The molecule has 1 atom stereocenters. The number of aryl methyl sites for hydroxylation is 1. The Morgan fingerprint density at radius 3 is 2.53 bits per heavy atom. The first kappa shape index (κ1) is 16.6. The van der Waals surface area contributed by atoms with Gasteiger partial charge in [0.1, 0.15) is 11.0 Å². The van der Waals surface area contributed by atoms with Gasteiger partial charge in [-0.1, -0.05) is 40.9 Å². The SMILES string of the molecule is CCCC(=NS(=O)C(C)(C)C)c1cc(C)ccc1Br. The van der Waals surface area contributed by atoms with Crippen LogP contribution in [0.15, 0.2) is 27.1 Å². The number of hydrogen-bond donors (Lipinski definition) is 0. The minimum Gasteiger partial charge on any atom is -0.234 e. The van der Waals surface area contributed by atoms with Crippen molar-refractivity contribution in [1.82, 2.24) is 0 Å². The van der Waals surface area contributed by atoms with E-state index in [0.29, 0.717) is 0 Å². The smallest absolute Gasteiger partial charge is 0.145 e. The third-order valence-corrected chi connectivity index (χ3v) is 4.76. The monoisotopic (exact) mass is 343 g/mol. The van der Waals surface area contributed by atoms with Crippen LogP contribution in [0.4, 0.5) is 0 Å². The van der Waals surface area contributed by atoms with E-state index in [9.17, 15) is 4.21 Å². The predicted molar refractivity (Wildman–Crippen MR) is 88.2 cm³/mol. The van der Waals surface area contributed by atoms with Crippen LogP contribution in [-0.2, 0) is 11.0 Å². The Balaban J connectivity index is 3.24. The largest absolute Gasteiger partial charge is 0.234 e. The van der Waals surface area contributed by atoms with Crippen LogP contribution in [0.2, 0.25) is 0 Å². The van der Waals surface area contributed by atoms with E-state index in [4.69, 9.17) is 0 Å². The fourth-order valence-corrected chi connectivity index (χ4v) is 2.70. The molecule has 0 amide bonds. The second-order valence-corrected chi connectivity index (χ2v) is 8.39. The third kappa shape index (κ3) is 4.84. The summed E-state index contributed by atoms with van der Waals surface area (Å²) in [4.78, 5) is 0. The van der Waals surface area contributed by atoms with Crippen LogP contribution in [0, 0.1) is 6.92 Å². The molecule has 0 heterocycles. The van der Waals surface area contributed by atoms with Crippen molar-refractivity contribution in [1.29, 1.82) is 0 Å². The number of halogens is 1. The van der Waals surface area contributed by atoms with Crippen molar-refractivity contribution in [3.63, 3.8) is 0 Å². The fourth-order valence-electron chi connectivity index (χ4n) is 1.56. The maximum absolute atomic E-state index is 12.2. The zero-order valence-electron chi connectivity index (χ0n) is 12.3. The topological polar surface area (TPSA) is 29.4 Å². The molecule has 106 valence electrons. The van der Waals surface area contributed by atoms with Crippen molar-refractivity contribution >= 4 is 32.6 Å². The minimum absolute atomic E-state index is 0.324. The van der Waals surface area contributed by atoms with Crippen LogP contribution in [0.3, 0.4) is 0 Å². The van der Waals surface area contributed by atoms with Gasteiger partial charge in [-0.3, -0.25) is 0 Å². The van der Waals surface area contributed by atoms with E-state index in [-0.39, 0.29) is 4.75 Å². The molecular formula is C15H22BrNOS. The average Bonchev–Trinajstić information content (AvgIpc) is 2.30. The molecule has 1 aromatic carbocycles. The van der Waals surface area contributed by atoms with Crippen molar-refractivity contribution < 1.29 is 4.21 Å². The number of hydrogen-bond acceptors (Lipinski definition) is 1. The minimum atomic E-state index is -1.22. The summed E-state index contributed by atoms with van der Waals surface area (Å²) in [5, 5.41) is 0. The average molecular weight is 344 g/mol. The molecule has 4 heteroatoms. The van der Waals surface area contributed by atoms with Gasteiger partial charge in [0, 0.05) is 10.0 Å². The molecule has 0 aliphatic heterocycles. The maximum Gasteiger partial charge on any atom is 0.145 e. The highest BCUT2D eigenvalue weighted by atomic mass is 79.9. The molecule has 0 saturated carbocycles. The Morgan fingerprint density at radius 1 is 1.37 bits per heavy atom. The number of rotatable bonds is 4. The van der Waals surface area contributed by atoms with Crippen LogP contribution in [0.25, 0.3) is 0 Å². The van der Waals surface area contributed by atoms with E-state index in [1.165, 1.54) is 5.56 Å². The lowest BCUT2D eigenvalue weighted by Gasteiger charge is -2.16. The summed E-state index contributed by atoms with van der Waals surface area (Å²) in [6, 6.07) is 6.17. The predicted octanol–water partition coefficient (Wildman–Crippen LogP) is 4.81. The normalized spacial score (nSPS) is 14.5. The summed E-state index contributed by atoms with van der Waals surface area (Å²) < 4.78 is 17.4. The van der Waals surface area contributed by atoms with Gasteiger partial charge in [-0.15, -0.1) is 0 Å². The first-order valence-corrected chi connectivity index (χ1v) is 8.41. The van der Waals surface area contributed by atoms with Gasteiger partial charge in [-0.2, -0.15) is 4.40 Å². The van der Waals surface area contributed by atoms with Crippen molar-refractivity contribution in [3.05, 3.63) is 33.8 Å². The number of benzene rings is 1. The van der Waals surface area contributed by atoms with E-state index in [1.54, 1.807) is 0 Å². The highest BCUT2D eigenvalue weighted by molar-refractivity contribution is 9.10. The van der Waals surface area contributed by atoms with E-state index in [2.05, 4.69) is 46.3 Å². The van der Waals surface area contributed by atoms with Crippen molar-refractivity contribution in [2.24, 2.45) is 4.40 Å². The summed E-state index contributed by atoms with van der Waals surface area (Å²) in [6.45, 7) is 10.0. The molecule has 0 spiro atoms. The van der Waals surface area contributed by atoms with Crippen LogP contribution in [0.5, 0.6) is 0 Å². The van der Waals surface area contributed by atoms with E-state index < -0.39 is 11.0 Å². The van der Waals surface area contributed by atoms with Gasteiger partial charge >= 0.3 is 0 Å². The summed E-state index contributed by atoms with van der Waals surface area (Å²) in [6.07, 6.45) is 1.82. The molecule has 1 unspecified atom stereocenters. The molecule has 0 aliphatic carbocycles. The van der Waals surface area contributed by atoms with Crippen molar-refractivity contribution in [3.8, 4) is 0 Å². The Kier molecular flexibility index (Phi) is 5.93. The molecule has 1 aromatic rings. The Bertz CT molecular complexity index is 503. The lowest BCUT2D eigenvalue weighted by molar-refractivity contribution is 0.650. The Labute approximate surface area is 127 Å².